The molecular formula is C18H17N3O5S2. The van der Waals surface area contributed by atoms with E-state index in [1.54, 1.807) is 29.0 Å². The number of hydrogen-bond acceptors (Lipinski definition) is 8. The zero-order valence-electron chi connectivity index (χ0n) is 14.7. The summed E-state index contributed by atoms with van der Waals surface area (Å²) in [5, 5.41) is 17.7. The number of nitriles is 1. The van der Waals surface area contributed by atoms with Crippen molar-refractivity contribution in [2.75, 3.05) is 18.5 Å². The van der Waals surface area contributed by atoms with Crippen LogP contribution in [0, 0.1) is 11.3 Å². The van der Waals surface area contributed by atoms with E-state index in [4.69, 9.17) is 10.00 Å². The van der Waals surface area contributed by atoms with Crippen LogP contribution in [0.3, 0.4) is 0 Å². The molecule has 28 heavy (non-hydrogen) atoms. The quantitative estimate of drug-likeness (QED) is 0.450. The van der Waals surface area contributed by atoms with E-state index in [0.717, 1.165) is 0 Å². The van der Waals surface area contributed by atoms with Gasteiger partial charge in [-0.2, -0.15) is 5.26 Å². The number of carbonyl (C=O) groups is 4. The van der Waals surface area contributed by atoms with Gasteiger partial charge in [0.2, 0.25) is 5.91 Å². The Labute approximate surface area is 169 Å². The van der Waals surface area contributed by atoms with Gasteiger partial charge in [-0.3, -0.25) is 19.2 Å². The summed E-state index contributed by atoms with van der Waals surface area (Å²) in [5.74, 6) is -1.63. The van der Waals surface area contributed by atoms with Crippen molar-refractivity contribution in [3.05, 3.63) is 39.4 Å². The molecule has 0 saturated heterocycles. The Bertz CT molecular complexity index is 883. The molecule has 0 fully saturated rings. The third kappa shape index (κ3) is 6.94. The Morgan fingerprint density at radius 1 is 1.04 bits per heavy atom. The van der Waals surface area contributed by atoms with Crippen LogP contribution in [0.4, 0.5) is 5.00 Å². The number of nitrogens with zero attached hydrogens (tertiary/aromatic N) is 1. The van der Waals surface area contributed by atoms with E-state index in [0.29, 0.717) is 15.4 Å². The lowest BCUT2D eigenvalue weighted by molar-refractivity contribution is -0.147. The Morgan fingerprint density at radius 3 is 2.57 bits per heavy atom. The summed E-state index contributed by atoms with van der Waals surface area (Å²) >= 11 is 2.52. The van der Waals surface area contributed by atoms with Crippen molar-refractivity contribution >= 4 is 51.2 Å². The average Bonchev–Trinajstić information content (AvgIpc) is 3.36. The van der Waals surface area contributed by atoms with Gasteiger partial charge in [0.05, 0.1) is 16.9 Å². The van der Waals surface area contributed by atoms with Crippen LogP contribution in [0.1, 0.15) is 34.5 Å². The second-order valence-electron chi connectivity index (χ2n) is 5.48. The van der Waals surface area contributed by atoms with E-state index in [1.807, 2.05) is 6.07 Å². The van der Waals surface area contributed by atoms with Gasteiger partial charge in [0.1, 0.15) is 11.1 Å². The zero-order valence-corrected chi connectivity index (χ0v) is 16.4. The molecule has 8 nitrogen and oxygen atoms in total. The lowest BCUT2D eigenvalue weighted by atomic mass is 10.2. The number of Topliss-reactive ketones (excluding diaryl/α,β-unsaturated/α-hetero) is 1. The van der Waals surface area contributed by atoms with E-state index in [1.165, 1.54) is 22.7 Å². The number of ketones is 1. The minimum absolute atomic E-state index is 0.0379. The molecule has 0 aromatic carbocycles. The van der Waals surface area contributed by atoms with E-state index >= 15 is 0 Å². The number of anilines is 1. The number of nitrogens with one attached hydrogen (secondary N) is 2. The topological polar surface area (TPSA) is 125 Å². The van der Waals surface area contributed by atoms with Crippen LogP contribution in [0.25, 0.3) is 0 Å². The van der Waals surface area contributed by atoms with Gasteiger partial charge in [-0.15, -0.1) is 22.7 Å². The molecule has 0 aliphatic carbocycles. The number of rotatable bonds is 10. The lowest BCUT2D eigenvalue weighted by Crippen LogP contribution is -2.28. The van der Waals surface area contributed by atoms with Crippen molar-refractivity contribution in [3.63, 3.8) is 0 Å². The Morgan fingerprint density at radius 2 is 1.86 bits per heavy atom. The molecule has 0 atom stereocenters. The first-order valence-electron chi connectivity index (χ1n) is 8.26. The maximum absolute atomic E-state index is 11.8. The highest BCUT2D eigenvalue weighted by molar-refractivity contribution is 7.14. The zero-order chi connectivity index (χ0) is 20.4. The third-order valence-electron chi connectivity index (χ3n) is 3.43. The van der Waals surface area contributed by atoms with Crippen LogP contribution >= 0.6 is 22.7 Å². The molecule has 0 unspecified atom stereocenters. The third-order valence-corrected chi connectivity index (χ3v) is 5.17. The van der Waals surface area contributed by atoms with Crippen molar-refractivity contribution in [1.29, 1.82) is 5.26 Å². The molecule has 10 heteroatoms. The first-order valence-corrected chi connectivity index (χ1v) is 10.0. The van der Waals surface area contributed by atoms with E-state index in [2.05, 4.69) is 10.6 Å². The molecule has 2 heterocycles. The second-order valence-corrected chi connectivity index (χ2v) is 7.35. The smallest absolute Gasteiger partial charge is 0.308 e. The van der Waals surface area contributed by atoms with Crippen LogP contribution in [0.5, 0.6) is 0 Å². The lowest BCUT2D eigenvalue weighted by Gasteiger charge is -2.07. The fraction of sp³-hybridized carbons (Fsp3) is 0.278. The minimum atomic E-state index is -0.642. The Hall–Kier alpha value is -3.03. The van der Waals surface area contributed by atoms with Crippen LogP contribution < -0.4 is 10.6 Å². The van der Waals surface area contributed by atoms with Crippen molar-refractivity contribution < 1.29 is 23.9 Å². The summed E-state index contributed by atoms with van der Waals surface area (Å²) in [6, 6.07) is 6.98. The fourth-order valence-electron chi connectivity index (χ4n) is 2.05. The van der Waals surface area contributed by atoms with Crippen LogP contribution in [0.2, 0.25) is 0 Å². The molecular weight excluding hydrogens is 402 g/mol. The number of amides is 2. The fourth-order valence-corrected chi connectivity index (χ4v) is 3.50. The molecule has 2 aromatic heterocycles. The van der Waals surface area contributed by atoms with Crippen LogP contribution in [-0.2, 0) is 19.1 Å². The largest absolute Gasteiger partial charge is 0.456 e. The van der Waals surface area contributed by atoms with Gasteiger partial charge in [-0.25, -0.2) is 0 Å². The summed E-state index contributed by atoms with van der Waals surface area (Å²) in [4.78, 5) is 47.4. The summed E-state index contributed by atoms with van der Waals surface area (Å²) in [7, 11) is 0. The summed E-state index contributed by atoms with van der Waals surface area (Å²) in [6.45, 7) is -0.430. The molecule has 2 amide bonds. The molecule has 0 aliphatic rings. The molecule has 2 rings (SSSR count). The number of hydrogen-bond donors (Lipinski definition) is 2. The van der Waals surface area contributed by atoms with Gasteiger partial charge in [-0.1, -0.05) is 6.07 Å². The molecule has 2 aromatic rings. The number of carbonyl (C=O) groups excluding carboxylic acids is 4. The van der Waals surface area contributed by atoms with Gasteiger partial charge in [0.15, 0.2) is 12.4 Å². The van der Waals surface area contributed by atoms with Crippen LogP contribution in [-0.4, -0.2) is 36.7 Å². The molecule has 0 spiro atoms. The van der Waals surface area contributed by atoms with Gasteiger partial charge >= 0.3 is 5.97 Å². The predicted molar refractivity (Wildman–Crippen MR) is 104 cm³/mol. The SMILES string of the molecule is N#Cc1ccsc1NC(=O)COC(=O)CCNC(=O)CCC(=O)c1cccs1. The van der Waals surface area contributed by atoms with Crippen molar-refractivity contribution in [2.45, 2.75) is 19.3 Å². The first-order chi connectivity index (χ1) is 13.5. The van der Waals surface area contributed by atoms with Gasteiger partial charge in [-0.05, 0) is 22.9 Å². The number of thiophene rings is 2. The molecule has 146 valence electrons. The van der Waals surface area contributed by atoms with Crippen molar-refractivity contribution in [3.8, 4) is 6.07 Å². The molecule has 0 aliphatic heterocycles. The standard InChI is InChI=1S/C18H17N3O5S2/c19-10-12-6-9-28-18(12)21-16(24)11-26-17(25)5-7-20-15(23)4-3-13(22)14-2-1-8-27-14/h1-2,6,8-9H,3-5,7,11H2,(H,20,23)(H,21,24). The normalized spacial score (nSPS) is 9.96. The maximum atomic E-state index is 11.8. The van der Waals surface area contributed by atoms with Crippen molar-refractivity contribution in [1.82, 2.24) is 5.32 Å². The average molecular weight is 419 g/mol. The highest BCUT2D eigenvalue weighted by Crippen LogP contribution is 2.21. The Kier molecular flexibility index (Phi) is 8.33. The van der Waals surface area contributed by atoms with E-state index < -0.39 is 18.5 Å². The van der Waals surface area contributed by atoms with E-state index in [-0.39, 0.29) is 37.5 Å². The number of ether oxygens (including phenoxy) is 1. The van der Waals surface area contributed by atoms with Gasteiger partial charge in [0, 0.05) is 19.4 Å². The molecule has 0 bridgehead atoms. The van der Waals surface area contributed by atoms with Gasteiger partial charge < -0.3 is 15.4 Å². The second kappa shape index (κ2) is 11.0. The molecule has 0 saturated carbocycles. The monoisotopic (exact) mass is 419 g/mol. The van der Waals surface area contributed by atoms with Crippen LogP contribution in [0.15, 0.2) is 29.0 Å². The minimum Gasteiger partial charge on any atom is -0.456 e. The Balaban J connectivity index is 1.58. The number of esters is 1. The summed E-state index contributed by atoms with van der Waals surface area (Å²) in [6.07, 6.45) is 0.0426. The summed E-state index contributed by atoms with van der Waals surface area (Å²) in [5.41, 5.74) is 0.338. The predicted octanol–water partition coefficient (Wildman–Crippen LogP) is 2.33. The van der Waals surface area contributed by atoms with Crippen molar-refractivity contribution in [2.24, 2.45) is 0 Å². The summed E-state index contributed by atoms with van der Waals surface area (Å²) < 4.78 is 4.82. The maximum Gasteiger partial charge on any atom is 0.308 e. The highest BCUT2D eigenvalue weighted by Gasteiger charge is 2.13. The first kappa shape index (κ1) is 21.3. The highest BCUT2D eigenvalue weighted by atomic mass is 32.1. The van der Waals surface area contributed by atoms with Gasteiger partial charge in [0.25, 0.3) is 5.91 Å². The molecule has 0 radical (unpaired) electrons. The van der Waals surface area contributed by atoms with E-state index in [9.17, 15) is 19.2 Å². The molecule has 2 N–H and O–H groups in total.